The molecule has 0 aliphatic rings. The number of carbonyl (C=O) groups excluding carboxylic acids is 2. The fourth-order valence-electron chi connectivity index (χ4n) is 3.44. The van der Waals surface area contributed by atoms with Crippen LogP contribution in [0.1, 0.15) is 39.2 Å². The number of amides is 2. The van der Waals surface area contributed by atoms with Crippen molar-refractivity contribution in [3.05, 3.63) is 63.1 Å². The van der Waals surface area contributed by atoms with E-state index in [0.717, 1.165) is 22.5 Å². The molecule has 35 heavy (non-hydrogen) atoms. The topological polar surface area (TPSA) is 86.8 Å². The molecule has 0 saturated carbocycles. The minimum Gasteiger partial charge on any atom is -0.352 e. The van der Waals surface area contributed by atoms with Crippen LogP contribution in [0.5, 0.6) is 0 Å². The second-order valence-corrected chi connectivity index (χ2v) is 11.5. The first-order valence-electron chi connectivity index (χ1n) is 11.1. The highest BCUT2D eigenvalue weighted by molar-refractivity contribution is 7.92. The molecule has 2 aromatic carbocycles. The summed E-state index contributed by atoms with van der Waals surface area (Å²) < 4.78 is 26.2. The van der Waals surface area contributed by atoms with Gasteiger partial charge in [-0.25, -0.2) is 8.42 Å². The molecular weight excluding hydrogens is 533 g/mol. The van der Waals surface area contributed by atoms with E-state index in [0.29, 0.717) is 11.4 Å². The Morgan fingerprint density at radius 2 is 1.51 bits per heavy atom. The van der Waals surface area contributed by atoms with E-state index < -0.39 is 28.5 Å². The van der Waals surface area contributed by atoms with Crippen molar-refractivity contribution in [2.75, 3.05) is 17.1 Å². The van der Waals surface area contributed by atoms with E-state index in [4.69, 9.17) is 34.8 Å². The van der Waals surface area contributed by atoms with Gasteiger partial charge in [-0.05, 0) is 55.7 Å². The third kappa shape index (κ3) is 8.56. The number of benzene rings is 2. The minimum atomic E-state index is -3.88. The normalized spacial score (nSPS) is 13.1. The Morgan fingerprint density at radius 3 is 2.00 bits per heavy atom. The Balaban J connectivity index is 2.46. The van der Waals surface area contributed by atoms with E-state index in [1.807, 2.05) is 13.8 Å². The van der Waals surface area contributed by atoms with Crippen molar-refractivity contribution in [3.63, 3.8) is 0 Å². The predicted molar refractivity (Wildman–Crippen MR) is 143 cm³/mol. The van der Waals surface area contributed by atoms with Gasteiger partial charge >= 0.3 is 0 Å². The Bertz CT molecular complexity index is 1120. The van der Waals surface area contributed by atoms with E-state index in [9.17, 15) is 18.0 Å². The Morgan fingerprint density at radius 1 is 0.943 bits per heavy atom. The number of nitrogens with one attached hydrogen (secondary N) is 1. The van der Waals surface area contributed by atoms with Crippen molar-refractivity contribution in [2.45, 2.75) is 52.2 Å². The molecule has 0 aliphatic carbocycles. The number of carbonyl (C=O) groups is 2. The van der Waals surface area contributed by atoms with Gasteiger partial charge in [0.2, 0.25) is 21.8 Å². The summed E-state index contributed by atoms with van der Waals surface area (Å²) in [6.07, 6.45) is 2.06. The molecule has 0 aliphatic heterocycles. The number of rotatable bonds is 11. The molecule has 2 atom stereocenters. The second-order valence-electron chi connectivity index (χ2n) is 8.29. The van der Waals surface area contributed by atoms with Crippen LogP contribution in [0, 0.1) is 0 Å². The molecule has 1 N–H and O–H groups in total. The first-order chi connectivity index (χ1) is 16.3. The van der Waals surface area contributed by atoms with Crippen LogP contribution in [0.4, 0.5) is 5.69 Å². The summed E-state index contributed by atoms with van der Waals surface area (Å²) in [4.78, 5) is 28.1. The maximum absolute atomic E-state index is 13.6. The van der Waals surface area contributed by atoms with E-state index >= 15 is 0 Å². The molecule has 7 nitrogen and oxygen atoms in total. The number of hydrogen-bond donors (Lipinski definition) is 1. The molecule has 0 saturated heterocycles. The lowest BCUT2D eigenvalue weighted by molar-refractivity contribution is -0.140. The highest BCUT2D eigenvalue weighted by atomic mass is 35.5. The number of hydrogen-bond acceptors (Lipinski definition) is 4. The van der Waals surface area contributed by atoms with E-state index in [2.05, 4.69) is 5.32 Å². The number of sulfonamides is 1. The standard InChI is InChI=1S/C24H30Cl3N3O4S/c1-5-16(3)28-24(32)22(6-2)29(14-17-7-9-18(25)10-8-17)23(31)15-30(35(4,33)34)21-12-19(26)11-20(27)13-21/h7-13,16,22H,5-6,14-15H2,1-4H3,(H,28,32)/t16-,22-/m0/s1. The third-order valence-electron chi connectivity index (χ3n) is 5.47. The summed E-state index contributed by atoms with van der Waals surface area (Å²) in [6.45, 7) is 5.19. The quantitative estimate of drug-likeness (QED) is 0.411. The molecule has 0 unspecified atom stereocenters. The molecule has 2 rings (SSSR count). The van der Waals surface area contributed by atoms with Crippen molar-refractivity contribution in [1.82, 2.24) is 10.2 Å². The van der Waals surface area contributed by atoms with Crippen LogP contribution < -0.4 is 9.62 Å². The lowest BCUT2D eigenvalue weighted by Crippen LogP contribution is -2.53. The summed E-state index contributed by atoms with van der Waals surface area (Å²) in [6, 6.07) is 10.3. The van der Waals surface area contributed by atoms with Crippen LogP contribution in [-0.2, 0) is 26.2 Å². The summed E-state index contributed by atoms with van der Waals surface area (Å²) in [5.74, 6) is -0.853. The maximum atomic E-state index is 13.6. The van der Waals surface area contributed by atoms with Gasteiger partial charge in [-0.1, -0.05) is 60.8 Å². The van der Waals surface area contributed by atoms with E-state index in [-0.39, 0.29) is 34.2 Å². The average Bonchev–Trinajstić information content (AvgIpc) is 2.76. The van der Waals surface area contributed by atoms with Crippen LogP contribution in [0.25, 0.3) is 0 Å². The van der Waals surface area contributed by atoms with Gasteiger partial charge in [0.15, 0.2) is 0 Å². The molecule has 0 spiro atoms. The smallest absolute Gasteiger partial charge is 0.244 e. The molecule has 192 valence electrons. The molecule has 2 amide bonds. The lowest BCUT2D eigenvalue weighted by Gasteiger charge is -2.33. The largest absolute Gasteiger partial charge is 0.352 e. The van der Waals surface area contributed by atoms with Gasteiger partial charge in [0.05, 0.1) is 11.9 Å². The van der Waals surface area contributed by atoms with Crippen molar-refractivity contribution in [3.8, 4) is 0 Å². The Kier molecular flexibility index (Phi) is 10.7. The minimum absolute atomic E-state index is 0.0786. The fraction of sp³-hybridized carbons (Fsp3) is 0.417. The van der Waals surface area contributed by atoms with Gasteiger partial charge in [-0.2, -0.15) is 0 Å². The molecule has 0 bridgehead atoms. The third-order valence-corrected chi connectivity index (χ3v) is 7.30. The molecule has 11 heteroatoms. The molecule has 0 fully saturated rings. The van der Waals surface area contributed by atoms with Crippen molar-refractivity contribution in [1.29, 1.82) is 0 Å². The van der Waals surface area contributed by atoms with Crippen molar-refractivity contribution in [2.24, 2.45) is 0 Å². The molecule has 0 aromatic heterocycles. The Hall–Kier alpha value is -2.00. The second kappa shape index (κ2) is 12.8. The SMILES string of the molecule is CC[C@H](C)NC(=O)[C@H](CC)N(Cc1ccc(Cl)cc1)C(=O)CN(c1cc(Cl)cc(Cl)c1)S(C)(=O)=O. The fourth-order valence-corrected chi connectivity index (χ4v) is 4.92. The zero-order valence-corrected chi connectivity index (χ0v) is 23.2. The molecule has 0 radical (unpaired) electrons. The number of anilines is 1. The molecule has 0 heterocycles. The lowest BCUT2D eigenvalue weighted by atomic mass is 10.1. The Labute approximate surface area is 222 Å². The van der Waals surface area contributed by atoms with E-state index in [1.165, 1.54) is 23.1 Å². The van der Waals surface area contributed by atoms with Crippen LogP contribution in [0.2, 0.25) is 15.1 Å². The predicted octanol–water partition coefficient (Wildman–Crippen LogP) is 5.13. The zero-order valence-electron chi connectivity index (χ0n) is 20.1. The van der Waals surface area contributed by atoms with Crippen LogP contribution in [0.3, 0.4) is 0 Å². The summed E-state index contributed by atoms with van der Waals surface area (Å²) in [5, 5.41) is 3.91. The first kappa shape index (κ1) is 29.2. The van der Waals surface area contributed by atoms with Gasteiger partial charge in [-0.3, -0.25) is 13.9 Å². The van der Waals surface area contributed by atoms with Gasteiger partial charge in [0.1, 0.15) is 12.6 Å². The highest BCUT2D eigenvalue weighted by Gasteiger charge is 2.32. The van der Waals surface area contributed by atoms with Gasteiger partial charge in [0, 0.05) is 27.7 Å². The van der Waals surface area contributed by atoms with Crippen LogP contribution >= 0.6 is 34.8 Å². The zero-order chi connectivity index (χ0) is 26.3. The van der Waals surface area contributed by atoms with Crippen LogP contribution in [0.15, 0.2) is 42.5 Å². The molecule has 2 aromatic rings. The molecular formula is C24H30Cl3N3O4S. The van der Waals surface area contributed by atoms with Gasteiger partial charge in [0.25, 0.3) is 0 Å². The average molecular weight is 563 g/mol. The number of nitrogens with zero attached hydrogens (tertiary/aromatic N) is 2. The summed E-state index contributed by atoms with van der Waals surface area (Å²) in [5.41, 5.74) is 0.899. The van der Waals surface area contributed by atoms with E-state index in [1.54, 1.807) is 31.2 Å². The van der Waals surface area contributed by atoms with Crippen molar-refractivity contribution >= 4 is 62.3 Å². The van der Waals surface area contributed by atoms with Gasteiger partial charge < -0.3 is 10.2 Å². The first-order valence-corrected chi connectivity index (χ1v) is 14.1. The van der Waals surface area contributed by atoms with Gasteiger partial charge in [-0.15, -0.1) is 0 Å². The number of halogens is 3. The van der Waals surface area contributed by atoms with Crippen LogP contribution in [-0.4, -0.2) is 50.0 Å². The summed E-state index contributed by atoms with van der Waals surface area (Å²) in [7, 11) is -3.88. The van der Waals surface area contributed by atoms with Crippen molar-refractivity contribution < 1.29 is 18.0 Å². The highest BCUT2D eigenvalue weighted by Crippen LogP contribution is 2.27. The monoisotopic (exact) mass is 561 g/mol. The maximum Gasteiger partial charge on any atom is 0.244 e. The summed E-state index contributed by atoms with van der Waals surface area (Å²) >= 11 is 18.1.